The van der Waals surface area contributed by atoms with Crippen LogP contribution in [0.3, 0.4) is 0 Å². The van der Waals surface area contributed by atoms with Crippen LogP contribution in [0.25, 0.3) is 0 Å². The highest BCUT2D eigenvalue weighted by molar-refractivity contribution is 7.85. The molecule has 1 saturated heterocycles. The van der Waals surface area contributed by atoms with E-state index in [1.54, 1.807) is 6.20 Å². The Hall–Kier alpha value is -0.980. The van der Waals surface area contributed by atoms with Crippen molar-refractivity contribution >= 4 is 10.1 Å². The first kappa shape index (κ1) is 12.5. The molecule has 0 aliphatic carbocycles. The Morgan fingerprint density at radius 2 is 2.35 bits per heavy atom. The lowest BCUT2D eigenvalue weighted by Gasteiger charge is -2.13. The van der Waals surface area contributed by atoms with Crippen LogP contribution in [0.5, 0.6) is 0 Å². The SMILES string of the molecule is CS(=O)(=O)OCC1CCC(c2cccnc2)N1. The molecule has 0 spiro atoms. The number of nitrogens with one attached hydrogen (secondary N) is 1. The monoisotopic (exact) mass is 256 g/mol. The Labute approximate surface area is 101 Å². The molecular formula is C11H16N2O3S. The highest BCUT2D eigenvalue weighted by Gasteiger charge is 2.25. The first-order chi connectivity index (χ1) is 8.04. The number of hydrogen-bond donors (Lipinski definition) is 1. The van der Waals surface area contributed by atoms with E-state index < -0.39 is 10.1 Å². The molecule has 0 amide bonds. The molecule has 0 saturated carbocycles. The molecule has 0 radical (unpaired) electrons. The number of hydrogen-bond acceptors (Lipinski definition) is 5. The van der Waals surface area contributed by atoms with Crippen LogP contribution in [-0.2, 0) is 14.3 Å². The molecule has 0 bridgehead atoms. The predicted octanol–water partition coefficient (Wildman–Crippen LogP) is 0.851. The van der Waals surface area contributed by atoms with Gasteiger partial charge in [0.05, 0.1) is 12.9 Å². The molecule has 1 fully saturated rings. The van der Waals surface area contributed by atoms with Crippen molar-refractivity contribution in [2.24, 2.45) is 0 Å². The summed E-state index contributed by atoms with van der Waals surface area (Å²) >= 11 is 0. The molecule has 6 heteroatoms. The fourth-order valence-corrected chi connectivity index (χ4v) is 2.41. The minimum absolute atomic E-state index is 0.0925. The third-order valence-electron chi connectivity index (χ3n) is 2.81. The van der Waals surface area contributed by atoms with Crippen molar-refractivity contribution < 1.29 is 12.6 Å². The molecule has 2 rings (SSSR count). The number of rotatable bonds is 4. The first-order valence-corrected chi connectivity index (χ1v) is 7.36. The van der Waals surface area contributed by atoms with Crippen molar-refractivity contribution in [1.82, 2.24) is 10.3 Å². The van der Waals surface area contributed by atoms with Crippen LogP contribution in [0.1, 0.15) is 24.4 Å². The lowest BCUT2D eigenvalue weighted by atomic mass is 10.1. The van der Waals surface area contributed by atoms with E-state index in [0.717, 1.165) is 24.7 Å². The van der Waals surface area contributed by atoms with Crippen LogP contribution in [0.2, 0.25) is 0 Å². The second-order valence-corrected chi connectivity index (χ2v) is 5.91. The quantitative estimate of drug-likeness (QED) is 0.809. The third kappa shape index (κ3) is 3.76. The molecule has 2 atom stereocenters. The fourth-order valence-electron chi connectivity index (χ4n) is 2.00. The van der Waals surface area contributed by atoms with Gasteiger partial charge in [-0.05, 0) is 24.5 Å². The molecule has 1 aromatic rings. The lowest BCUT2D eigenvalue weighted by molar-refractivity contribution is 0.280. The predicted molar refractivity (Wildman–Crippen MR) is 63.9 cm³/mol. The summed E-state index contributed by atoms with van der Waals surface area (Å²) in [6.07, 6.45) is 6.53. The van der Waals surface area contributed by atoms with E-state index in [0.29, 0.717) is 0 Å². The zero-order chi connectivity index (χ0) is 12.3. The Morgan fingerprint density at radius 3 is 3.00 bits per heavy atom. The largest absolute Gasteiger partial charge is 0.305 e. The minimum atomic E-state index is -3.35. The van der Waals surface area contributed by atoms with Gasteiger partial charge in [0.1, 0.15) is 0 Å². The molecule has 17 heavy (non-hydrogen) atoms. The van der Waals surface area contributed by atoms with E-state index in [1.807, 2.05) is 18.3 Å². The summed E-state index contributed by atoms with van der Waals surface area (Å²) in [7, 11) is -3.35. The molecule has 0 aromatic carbocycles. The van der Waals surface area contributed by atoms with E-state index in [2.05, 4.69) is 10.3 Å². The smallest absolute Gasteiger partial charge is 0.264 e. The zero-order valence-corrected chi connectivity index (χ0v) is 10.5. The third-order valence-corrected chi connectivity index (χ3v) is 3.38. The van der Waals surface area contributed by atoms with E-state index >= 15 is 0 Å². The summed E-state index contributed by atoms with van der Waals surface area (Å²) in [5, 5.41) is 3.35. The van der Waals surface area contributed by atoms with Crippen LogP contribution in [-0.4, -0.2) is 32.3 Å². The first-order valence-electron chi connectivity index (χ1n) is 5.55. The lowest BCUT2D eigenvalue weighted by Crippen LogP contribution is -2.29. The van der Waals surface area contributed by atoms with Crippen LogP contribution < -0.4 is 5.32 Å². The molecule has 2 unspecified atom stereocenters. The Morgan fingerprint density at radius 1 is 1.53 bits per heavy atom. The van der Waals surface area contributed by atoms with Crippen molar-refractivity contribution in [3.8, 4) is 0 Å². The number of pyridine rings is 1. The van der Waals surface area contributed by atoms with Gasteiger partial charge < -0.3 is 5.32 Å². The van der Waals surface area contributed by atoms with Gasteiger partial charge in [0, 0.05) is 24.5 Å². The highest BCUT2D eigenvalue weighted by Crippen LogP contribution is 2.25. The van der Waals surface area contributed by atoms with Gasteiger partial charge in [-0.3, -0.25) is 9.17 Å². The fraction of sp³-hybridized carbons (Fsp3) is 0.545. The summed E-state index contributed by atoms with van der Waals surface area (Å²) in [4.78, 5) is 4.07. The van der Waals surface area contributed by atoms with Crippen LogP contribution in [0.4, 0.5) is 0 Å². The highest BCUT2D eigenvalue weighted by atomic mass is 32.2. The molecule has 5 nitrogen and oxygen atoms in total. The maximum atomic E-state index is 10.9. The second-order valence-electron chi connectivity index (χ2n) is 4.27. The van der Waals surface area contributed by atoms with Gasteiger partial charge in [-0.2, -0.15) is 8.42 Å². The van der Waals surface area contributed by atoms with E-state index in [1.165, 1.54) is 0 Å². The zero-order valence-electron chi connectivity index (χ0n) is 9.67. The van der Waals surface area contributed by atoms with Crippen molar-refractivity contribution in [2.75, 3.05) is 12.9 Å². The summed E-state index contributed by atoms with van der Waals surface area (Å²) in [5.41, 5.74) is 1.13. The molecule has 1 aliphatic rings. The molecular weight excluding hydrogens is 240 g/mol. The van der Waals surface area contributed by atoms with Crippen molar-refractivity contribution in [1.29, 1.82) is 0 Å². The van der Waals surface area contributed by atoms with Crippen molar-refractivity contribution in [2.45, 2.75) is 24.9 Å². The second kappa shape index (κ2) is 5.12. The Bertz CT molecular complexity index is 461. The normalized spacial score (nSPS) is 25.0. The van der Waals surface area contributed by atoms with Crippen LogP contribution in [0, 0.1) is 0 Å². The maximum Gasteiger partial charge on any atom is 0.264 e. The van der Waals surface area contributed by atoms with Crippen molar-refractivity contribution in [3.05, 3.63) is 30.1 Å². The Balaban J connectivity index is 1.88. The van der Waals surface area contributed by atoms with Crippen LogP contribution in [0.15, 0.2) is 24.5 Å². The van der Waals surface area contributed by atoms with Crippen molar-refractivity contribution in [3.63, 3.8) is 0 Å². The van der Waals surface area contributed by atoms with Gasteiger partial charge in [0.15, 0.2) is 0 Å². The van der Waals surface area contributed by atoms with Gasteiger partial charge in [0.2, 0.25) is 0 Å². The summed E-state index contributed by atoms with van der Waals surface area (Å²) < 4.78 is 26.6. The molecule has 1 N–H and O–H groups in total. The number of nitrogens with zero attached hydrogens (tertiary/aromatic N) is 1. The Kier molecular flexibility index (Phi) is 3.76. The standard InChI is InChI=1S/C11H16N2O3S/c1-17(14,15)16-8-10-4-5-11(13-10)9-3-2-6-12-7-9/h2-3,6-7,10-11,13H,4-5,8H2,1H3. The maximum absolute atomic E-state index is 10.9. The van der Waals surface area contributed by atoms with Gasteiger partial charge in [-0.1, -0.05) is 6.07 Å². The van der Waals surface area contributed by atoms with Gasteiger partial charge >= 0.3 is 0 Å². The van der Waals surface area contributed by atoms with E-state index in [-0.39, 0.29) is 18.7 Å². The van der Waals surface area contributed by atoms with E-state index in [4.69, 9.17) is 4.18 Å². The molecule has 2 heterocycles. The van der Waals surface area contributed by atoms with E-state index in [9.17, 15) is 8.42 Å². The molecule has 1 aliphatic heterocycles. The van der Waals surface area contributed by atoms with Gasteiger partial charge in [-0.15, -0.1) is 0 Å². The molecule has 94 valence electrons. The number of aromatic nitrogens is 1. The summed E-state index contributed by atoms with van der Waals surface area (Å²) in [5.74, 6) is 0. The average Bonchev–Trinajstić information content (AvgIpc) is 2.75. The minimum Gasteiger partial charge on any atom is -0.305 e. The average molecular weight is 256 g/mol. The van der Waals surface area contributed by atoms with Gasteiger partial charge in [0.25, 0.3) is 10.1 Å². The summed E-state index contributed by atoms with van der Waals surface area (Å²) in [6, 6.07) is 4.26. The van der Waals surface area contributed by atoms with Gasteiger partial charge in [-0.25, -0.2) is 0 Å². The molecule has 1 aromatic heterocycles. The summed E-state index contributed by atoms with van der Waals surface area (Å²) in [6.45, 7) is 0.204. The van der Waals surface area contributed by atoms with Crippen LogP contribution >= 0.6 is 0 Å². The topological polar surface area (TPSA) is 68.3 Å².